The molecular weight excluding hydrogens is 318 g/mol. The fourth-order valence-electron chi connectivity index (χ4n) is 1.43. The second-order valence-electron chi connectivity index (χ2n) is 3.56. The summed E-state index contributed by atoms with van der Waals surface area (Å²) in [6.07, 6.45) is 2.46. The van der Waals surface area contributed by atoms with Crippen LogP contribution in [0.2, 0.25) is 5.02 Å². The van der Waals surface area contributed by atoms with Gasteiger partial charge in [0.2, 0.25) is 0 Å². The van der Waals surface area contributed by atoms with Crippen LogP contribution in [0.3, 0.4) is 0 Å². The Bertz CT molecular complexity index is 460. The van der Waals surface area contributed by atoms with Gasteiger partial charge in [-0.25, -0.2) is 4.79 Å². The van der Waals surface area contributed by atoms with Crippen molar-refractivity contribution in [2.24, 2.45) is 0 Å². The molecule has 98 valence electrons. The van der Waals surface area contributed by atoms with E-state index in [-0.39, 0.29) is 5.97 Å². The molecule has 1 rings (SSSR count). The van der Waals surface area contributed by atoms with Gasteiger partial charge in [-0.2, -0.15) is 0 Å². The summed E-state index contributed by atoms with van der Waals surface area (Å²) >= 11 is 9.38. The van der Waals surface area contributed by atoms with Crippen molar-refractivity contribution in [1.29, 1.82) is 0 Å². The van der Waals surface area contributed by atoms with Crippen molar-refractivity contribution >= 4 is 39.2 Å². The van der Waals surface area contributed by atoms with E-state index in [2.05, 4.69) is 26.0 Å². The van der Waals surface area contributed by atoms with Gasteiger partial charge in [-0.3, -0.25) is 0 Å². The first-order valence-electron chi connectivity index (χ1n) is 5.55. The molecule has 0 aliphatic rings. The number of rotatable bonds is 5. The minimum atomic E-state index is -0.288. The third-order valence-electron chi connectivity index (χ3n) is 2.42. The van der Waals surface area contributed by atoms with Crippen molar-refractivity contribution in [3.05, 3.63) is 39.3 Å². The Labute approximate surface area is 120 Å². The van der Waals surface area contributed by atoms with Crippen LogP contribution in [0.1, 0.15) is 13.3 Å². The summed E-state index contributed by atoms with van der Waals surface area (Å²) in [6, 6.07) is 5.58. The van der Waals surface area contributed by atoms with Crippen molar-refractivity contribution in [2.45, 2.75) is 13.3 Å². The molecule has 0 amide bonds. The Hall–Kier alpha value is -1.00. The molecule has 0 spiro atoms. The van der Waals surface area contributed by atoms with E-state index >= 15 is 0 Å². The molecule has 1 N–H and O–H groups in total. The maximum Gasteiger partial charge on any atom is 0.333 e. The standard InChI is InChI=1S/C13H15BrClNO2/c1-3-9(13(17)18-2)7-8-16-11-6-4-5-10(15)12(11)14/h4-7,16H,3,8H2,1-2H3/b9-7-. The predicted molar refractivity (Wildman–Crippen MR) is 78.0 cm³/mol. The quantitative estimate of drug-likeness (QED) is 0.653. The molecule has 0 aliphatic carbocycles. The highest BCUT2D eigenvalue weighted by molar-refractivity contribution is 9.10. The number of carbonyl (C=O) groups is 1. The number of carbonyl (C=O) groups excluding carboxylic acids is 1. The van der Waals surface area contributed by atoms with Crippen LogP contribution in [0.4, 0.5) is 5.69 Å². The lowest BCUT2D eigenvalue weighted by Crippen LogP contribution is -2.07. The van der Waals surface area contributed by atoms with Crippen LogP contribution in [0.5, 0.6) is 0 Å². The summed E-state index contributed by atoms with van der Waals surface area (Å²) in [6.45, 7) is 2.45. The monoisotopic (exact) mass is 331 g/mol. The SMILES string of the molecule is CC/C(=C/CNc1cccc(Cl)c1Br)C(=O)OC. The van der Waals surface area contributed by atoms with Gasteiger partial charge in [0.05, 0.1) is 22.3 Å². The molecule has 0 unspecified atom stereocenters. The van der Waals surface area contributed by atoms with Crippen molar-refractivity contribution < 1.29 is 9.53 Å². The van der Waals surface area contributed by atoms with Crippen LogP contribution in [-0.4, -0.2) is 19.6 Å². The lowest BCUT2D eigenvalue weighted by atomic mass is 10.2. The predicted octanol–water partition coefficient (Wildman–Crippen LogP) is 4.02. The summed E-state index contributed by atoms with van der Waals surface area (Å²) < 4.78 is 5.50. The van der Waals surface area contributed by atoms with E-state index in [1.165, 1.54) is 7.11 Å². The minimum absolute atomic E-state index is 0.288. The molecule has 0 fully saturated rings. The van der Waals surface area contributed by atoms with Crippen LogP contribution in [-0.2, 0) is 9.53 Å². The highest BCUT2D eigenvalue weighted by atomic mass is 79.9. The Morgan fingerprint density at radius 2 is 2.28 bits per heavy atom. The van der Waals surface area contributed by atoms with Gasteiger partial charge in [-0.15, -0.1) is 0 Å². The van der Waals surface area contributed by atoms with E-state index in [0.717, 1.165) is 10.2 Å². The molecule has 0 saturated carbocycles. The third-order valence-corrected chi connectivity index (χ3v) is 3.82. The number of nitrogens with one attached hydrogen (secondary N) is 1. The molecule has 0 saturated heterocycles. The van der Waals surface area contributed by atoms with E-state index < -0.39 is 0 Å². The van der Waals surface area contributed by atoms with Crippen molar-refractivity contribution in [3.8, 4) is 0 Å². The zero-order valence-corrected chi connectivity index (χ0v) is 12.6. The maximum atomic E-state index is 11.4. The minimum Gasteiger partial charge on any atom is -0.466 e. The third kappa shape index (κ3) is 4.03. The van der Waals surface area contributed by atoms with Gasteiger partial charge in [-0.1, -0.05) is 30.7 Å². The molecular formula is C13H15BrClNO2. The van der Waals surface area contributed by atoms with Crippen molar-refractivity contribution in [1.82, 2.24) is 0 Å². The number of benzene rings is 1. The van der Waals surface area contributed by atoms with Crippen molar-refractivity contribution in [3.63, 3.8) is 0 Å². The van der Waals surface area contributed by atoms with Crippen LogP contribution in [0.25, 0.3) is 0 Å². The largest absolute Gasteiger partial charge is 0.466 e. The molecule has 3 nitrogen and oxygen atoms in total. The molecule has 18 heavy (non-hydrogen) atoms. The van der Waals surface area contributed by atoms with Crippen LogP contribution < -0.4 is 5.32 Å². The highest BCUT2D eigenvalue weighted by Crippen LogP contribution is 2.29. The second kappa shape index (κ2) is 7.44. The first kappa shape index (κ1) is 15.1. The Morgan fingerprint density at radius 1 is 1.56 bits per heavy atom. The van der Waals surface area contributed by atoms with E-state index in [9.17, 15) is 4.79 Å². The zero-order valence-electron chi connectivity index (χ0n) is 10.3. The summed E-state index contributed by atoms with van der Waals surface area (Å²) in [7, 11) is 1.38. The fraction of sp³-hybridized carbons (Fsp3) is 0.308. The molecule has 1 aromatic carbocycles. The molecule has 0 heterocycles. The summed E-state index contributed by atoms with van der Waals surface area (Å²) in [4.78, 5) is 11.4. The number of hydrogen-bond donors (Lipinski definition) is 1. The van der Waals surface area contributed by atoms with Gasteiger partial charge in [-0.05, 0) is 34.5 Å². The van der Waals surface area contributed by atoms with Crippen LogP contribution in [0.15, 0.2) is 34.3 Å². The number of esters is 1. The number of hydrogen-bond acceptors (Lipinski definition) is 3. The maximum absolute atomic E-state index is 11.4. The second-order valence-corrected chi connectivity index (χ2v) is 4.76. The number of methoxy groups -OCH3 is 1. The lowest BCUT2D eigenvalue weighted by molar-refractivity contribution is -0.136. The van der Waals surface area contributed by atoms with E-state index in [1.807, 2.05) is 25.1 Å². The van der Waals surface area contributed by atoms with Gasteiger partial charge in [0.1, 0.15) is 0 Å². The molecule has 0 aliphatic heterocycles. The lowest BCUT2D eigenvalue weighted by Gasteiger charge is -2.08. The molecule has 0 atom stereocenters. The topological polar surface area (TPSA) is 38.3 Å². The smallest absolute Gasteiger partial charge is 0.333 e. The average molecular weight is 333 g/mol. The first-order valence-corrected chi connectivity index (χ1v) is 6.72. The first-order chi connectivity index (χ1) is 8.60. The van der Waals surface area contributed by atoms with E-state index in [1.54, 1.807) is 6.07 Å². The molecule has 5 heteroatoms. The van der Waals surface area contributed by atoms with Gasteiger partial charge in [0.15, 0.2) is 0 Å². The Kier molecular flexibility index (Phi) is 6.22. The Morgan fingerprint density at radius 3 is 2.89 bits per heavy atom. The summed E-state index contributed by atoms with van der Waals surface area (Å²) in [5, 5.41) is 3.83. The molecule has 0 radical (unpaired) electrons. The normalized spacial score (nSPS) is 11.2. The van der Waals surface area contributed by atoms with Gasteiger partial charge >= 0.3 is 5.97 Å². The van der Waals surface area contributed by atoms with Gasteiger partial charge < -0.3 is 10.1 Å². The number of anilines is 1. The van der Waals surface area contributed by atoms with Crippen LogP contribution in [0, 0.1) is 0 Å². The molecule has 0 bridgehead atoms. The van der Waals surface area contributed by atoms with E-state index in [4.69, 9.17) is 11.6 Å². The summed E-state index contributed by atoms with van der Waals surface area (Å²) in [5.41, 5.74) is 1.54. The average Bonchev–Trinajstić information content (AvgIpc) is 2.38. The Balaban J connectivity index is 2.68. The number of ether oxygens (including phenoxy) is 1. The van der Waals surface area contributed by atoms with Gasteiger partial charge in [0, 0.05) is 12.1 Å². The van der Waals surface area contributed by atoms with Crippen LogP contribution >= 0.6 is 27.5 Å². The molecule has 1 aromatic rings. The zero-order chi connectivity index (χ0) is 13.5. The number of halogens is 2. The summed E-state index contributed by atoms with van der Waals surface area (Å²) in [5.74, 6) is -0.288. The van der Waals surface area contributed by atoms with Gasteiger partial charge in [0.25, 0.3) is 0 Å². The van der Waals surface area contributed by atoms with E-state index in [0.29, 0.717) is 23.6 Å². The fourth-order valence-corrected chi connectivity index (χ4v) is 2.01. The molecule has 0 aromatic heterocycles. The van der Waals surface area contributed by atoms with Crippen molar-refractivity contribution in [2.75, 3.05) is 19.0 Å². The highest BCUT2D eigenvalue weighted by Gasteiger charge is 2.06.